The van der Waals surface area contributed by atoms with Crippen LogP contribution in [0.4, 0.5) is 0 Å². The molecule has 0 N–H and O–H groups in total. The Hall–Kier alpha value is -5.62. The number of carbonyl (C=O) groups excluding carboxylic acids is 5. The molecule has 0 aliphatic carbocycles. The third-order valence-electron chi connectivity index (χ3n) is 8.64. The minimum absolute atomic E-state index is 0. The number of hydrogen-bond acceptors (Lipinski definition) is 8. The van der Waals surface area contributed by atoms with Gasteiger partial charge in [-0.25, -0.2) is 0 Å². The van der Waals surface area contributed by atoms with Crippen LogP contribution in [0, 0.1) is 0 Å². The first-order chi connectivity index (χ1) is 31.5. The molecule has 6 nitrogen and oxygen atoms in total. The summed E-state index contributed by atoms with van der Waals surface area (Å²) in [5, 5.41) is 7.55. The van der Waals surface area contributed by atoms with E-state index < -0.39 is 14.1 Å². The van der Waals surface area contributed by atoms with Gasteiger partial charge in [-0.05, 0) is 72.8 Å². The standard InChI is InChI=1S/C36H30NP2.C6H6S2.C6H6S.5CHO.2Fe/c1-7-19-31(20-8-1)38(32-21-9-2-10-22-32,33-23-11-3-12-24-33)37-39(34-25-13-4-14-26-34,35-27-15-5-16-28-35)36-29-17-6-18-30-36;7-5-3-1-2-4-6(5)8;7-6-4-2-1-3-5-6;5*1-2;;/h1-30H;1-4,7-8H;1-5,7H;5*1H;;/q+1;;;5*-1;2*+3/p-3. The largest absolute Gasteiger partial charge is 3.00 e. The molecule has 0 saturated heterocycles. The quantitative estimate of drug-likeness (QED) is 0.0412. The van der Waals surface area contributed by atoms with Gasteiger partial charge < -0.3 is 61.9 Å². The van der Waals surface area contributed by atoms with E-state index in [0.717, 1.165) is 14.7 Å². The first-order valence-corrected chi connectivity index (χ1v) is 23.4. The Morgan fingerprint density at radius 2 is 0.409 bits per heavy atom. The summed E-state index contributed by atoms with van der Waals surface area (Å²) >= 11 is 14.5. The fourth-order valence-electron chi connectivity index (χ4n) is 6.14. The van der Waals surface area contributed by atoms with Gasteiger partial charge >= 0.3 is 48.2 Å². The number of hydrogen-bond donors (Lipinski definition) is 0. The molecule has 0 heterocycles. The molecule has 0 aliphatic heterocycles. The van der Waals surface area contributed by atoms with Crippen molar-refractivity contribution in [2.24, 2.45) is 0 Å². The molecule has 8 rings (SSSR count). The second-order valence-electron chi connectivity index (χ2n) is 12.1. The van der Waals surface area contributed by atoms with Crippen molar-refractivity contribution < 1.29 is 58.1 Å². The van der Waals surface area contributed by atoms with Crippen LogP contribution in [-0.2, 0) is 96.0 Å². The van der Waals surface area contributed by atoms with Gasteiger partial charge in [0, 0.05) is 0 Å². The number of rotatable bonds is 6. The maximum absolute atomic E-state index is 7.75. The zero-order valence-electron chi connectivity index (χ0n) is 35.2. The first kappa shape index (κ1) is 62.5. The van der Waals surface area contributed by atoms with Gasteiger partial charge in [0.15, 0.2) is 0 Å². The van der Waals surface area contributed by atoms with Gasteiger partial charge in [0.05, 0.1) is 31.8 Å². The van der Waals surface area contributed by atoms with Gasteiger partial charge in [-0.3, -0.25) is 33.9 Å². The Bertz CT molecular complexity index is 2200. The molecule has 2 radical (unpaired) electrons. The summed E-state index contributed by atoms with van der Waals surface area (Å²) < 4.78 is 6.38. The SMILES string of the molecule is [CH-]=O.[CH-]=O.[CH-]=O.[CH-]=O.[CH-]=O.[Fe+3].[Fe+3].[S-]c1ccccc1.[S-]c1ccccc1[S-].c1ccc(P(=[N+]=P(c2ccccc2)(c2ccccc2)c2ccccc2)(c2ccccc2)c2ccccc2)cc1. The molecule has 0 aromatic heterocycles. The van der Waals surface area contributed by atoms with Crippen LogP contribution in [0.2, 0.25) is 0 Å². The smallest absolute Gasteiger partial charge is 0.781 e. The molecule has 13 heteroatoms. The van der Waals surface area contributed by atoms with Gasteiger partial charge in [-0.15, -0.1) is 4.17 Å². The van der Waals surface area contributed by atoms with E-state index in [1.165, 1.54) is 31.8 Å². The van der Waals surface area contributed by atoms with Gasteiger partial charge in [-0.1, -0.05) is 164 Å². The predicted octanol–water partition coefficient (Wildman–Crippen LogP) is 8.12. The maximum atomic E-state index is 7.75. The van der Waals surface area contributed by atoms with Crippen LogP contribution in [-0.4, -0.2) is 33.9 Å². The van der Waals surface area contributed by atoms with Crippen LogP contribution in [0.1, 0.15) is 0 Å². The van der Waals surface area contributed by atoms with Crippen molar-refractivity contribution in [1.29, 1.82) is 0 Å². The van der Waals surface area contributed by atoms with E-state index in [4.69, 9.17) is 66.0 Å². The molecule has 0 amide bonds. The van der Waals surface area contributed by atoms with Gasteiger partial charge in [0.2, 0.25) is 0 Å². The molecule has 8 aromatic rings. The molecule has 0 fully saturated rings. The summed E-state index contributed by atoms with van der Waals surface area (Å²) in [6.45, 7) is 16.2. The molecular weight excluding hydrogens is 1000 g/mol. The van der Waals surface area contributed by atoms with E-state index >= 15 is 0 Å². The Morgan fingerprint density at radius 1 is 0.258 bits per heavy atom. The van der Waals surface area contributed by atoms with Gasteiger partial charge in [0.1, 0.15) is 0 Å². The summed E-state index contributed by atoms with van der Waals surface area (Å²) in [5.41, 5.74) is 0. The van der Waals surface area contributed by atoms with Crippen molar-refractivity contribution in [3.63, 3.8) is 0 Å². The van der Waals surface area contributed by atoms with Crippen molar-refractivity contribution in [3.05, 3.63) is 237 Å². The van der Waals surface area contributed by atoms with E-state index in [1.54, 1.807) is 0 Å². The average molecular weight is 1040 g/mol. The van der Waals surface area contributed by atoms with Crippen LogP contribution in [0.15, 0.2) is 251 Å². The monoisotopic (exact) mass is 1040 g/mol. The third kappa shape index (κ3) is 18.0. The normalized spacial score (nSPS) is 9.09. The summed E-state index contributed by atoms with van der Waals surface area (Å²) in [6.07, 6.45) is 0. The molecule has 0 bridgehead atoms. The minimum Gasteiger partial charge on any atom is -0.781 e. The fraction of sp³-hybridized carbons (Fsp3) is 0. The number of benzene rings is 8. The summed E-state index contributed by atoms with van der Waals surface area (Å²) in [7, 11) is -4.99. The van der Waals surface area contributed by atoms with Crippen molar-refractivity contribution in [1.82, 2.24) is 4.17 Å². The zero-order valence-corrected chi connectivity index (χ0v) is 41.7. The zero-order chi connectivity index (χ0) is 47.5. The molecule has 0 aliphatic rings. The Morgan fingerprint density at radius 3 is 0.545 bits per heavy atom. The van der Waals surface area contributed by atoms with E-state index in [0.29, 0.717) is 0 Å². The topological polar surface area (TPSA) is 99.4 Å². The van der Waals surface area contributed by atoms with E-state index in [1.807, 2.05) is 54.6 Å². The molecule has 0 unspecified atom stereocenters. The molecule has 336 valence electrons. The second kappa shape index (κ2) is 37.6. The summed E-state index contributed by atoms with van der Waals surface area (Å²) in [5.74, 6) is 0. The number of nitrogens with zero attached hydrogens (tertiary/aromatic N) is 1. The van der Waals surface area contributed by atoms with Crippen LogP contribution in [0.25, 0.3) is 0 Å². The van der Waals surface area contributed by atoms with E-state index in [9.17, 15) is 0 Å². The summed E-state index contributed by atoms with van der Waals surface area (Å²) in [4.78, 5) is 41.2. The van der Waals surface area contributed by atoms with E-state index in [2.05, 4.69) is 216 Å². The van der Waals surface area contributed by atoms with Gasteiger partial charge in [-0.2, -0.15) is 14.7 Å². The Balaban J connectivity index is 0. The van der Waals surface area contributed by atoms with Crippen LogP contribution < -0.4 is 36.0 Å². The van der Waals surface area contributed by atoms with Crippen LogP contribution >= 0.6 is 14.1 Å². The van der Waals surface area contributed by atoms with Crippen molar-refractivity contribution in [2.45, 2.75) is 14.7 Å². The van der Waals surface area contributed by atoms with Crippen molar-refractivity contribution >= 4 is 118 Å². The third-order valence-corrected chi connectivity index (χ3v) is 18.2. The van der Waals surface area contributed by atoms with Crippen LogP contribution in [0.5, 0.6) is 0 Å². The fourth-order valence-corrected chi connectivity index (χ4v) is 16.1. The minimum atomic E-state index is -2.50. The maximum Gasteiger partial charge on any atom is 3.00 e. The molecule has 0 spiro atoms. The Kier molecular flexibility index (Phi) is 35.6. The van der Waals surface area contributed by atoms with Crippen LogP contribution in [0.3, 0.4) is 0 Å². The predicted molar refractivity (Wildman–Crippen MR) is 276 cm³/mol. The average Bonchev–Trinajstić information content (AvgIpc) is 3.40. The van der Waals surface area contributed by atoms with Gasteiger partial charge in [0.25, 0.3) is 0 Å². The Labute approximate surface area is 428 Å². The first-order valence-electron chi connectivity index (χ1n) is 18.7. The molecule has 66 heavy (non-hydrogen) atoms. The molecular formula is C53H44Fe2NO5P2S3-. The van der Waals surface area contributed by atoms with E-state index in [-0.39, 0.29) is 34.1 Å². The molecule has 0 saturated carbocycles. The molecule has 8 aromatic carbocycles. The van der Waals surface area contributed by atoms with Crippen molar-refractivity contribution in [2.75, 3.05) is 0 Å². The van der Waals surface area contributed by atoms with Crippen molar-refractivity contribution in [3.8, 4) is 0 Å². The second-order valence-corrected chi connectivity index (χ2v) is 19.8. The molecule has 0 atom stereocenters. The summed E-state index contributed by atoms with van der Waals surface area (Å²) in [6, 6.07) is 82.7.